The Morgan fingerprint density at radius 2 is 1.81 bits per heavy atom. The molecule has 0 bridgehead atoms. The molecule has 4 aromatic rings. The fourth-order valence-corrected chi connectivity index (χ4v) is 4.36. The highest BCUT2D eigenvalue weighted by Gasteiger charge is 2.26. The van der Waals surface area contributed by atoms with Gasteiger partial charge in [0.1, 0.15) is 5.82 Å². The second-order valence-electron chi connectivity index (χ2n) is 8.15. The lowest BCUT2D eigenvalue weighted by molar-refractivity contribution is 0.0684. The van der Waals surface area contributed by atoms with Gasteiger partial charge in [-0.15, -0.1) is 0 Å². The van der Waals surface area contributed by atoms with E-state index in [1.54, 1.807) is 6.20 Å². The minimum atomic E-state index is 0.0769. The third-order valence-corrected chi connectivity index (χ3v) is 6.15. The molecule has 31 heavy (non-hydrogen) atoms. The number of para-hydroxylation sites is 1. The van der Waals surface area contributed by atoms with Crippen LogP contribution in [-0.4, -0.2) is 43.4 Å². The number of imidazole rings is 1. The van der Waals surface area contributed by atoms with Gasteiger partial charge in [-0.1, -0.05) is 24.3 Å². The lowest BCUT2D eigenvalue weighted by Crippen LogP contribution is -2.39. The Morgan fingerprint density at radius 1 is 1.00 bits per heavy atom. The van der Waals surface area contributed by atoms with Crippen LogP contribution in [0.25, 0.3) is 22.3 Å². The van der Waals surface area contributed by atoms with E-state index in [0.717, 1.165) is 60.6 Å². The van der Waals surface area contributed by atoms with Gasteiger partial charge in [0.05, 0.1) is 22.5 Å². The highest BCUT2D eigenvalue weighted by atomic mass is 16.2. The molecule has 1 aromatic carbocycles. The molecule has 3 aromatic heterocycles. The summed E-state index contributed by atoms with van der Waals surface area (Å²) in [4.78, 5) is 29.0. The number of hydrogen-bond donors (Lipinski definition) is 0. The van der Waals surface area contributed by atoms with Crippen molar-refractivity contribution in [1.29, 1.82) is 0 Å². The van der Waals surface area contributed by atoms with Crippen molar-refractivity contribution in [1.82, 2.24) is 24.4 Å². The van der Waals surface area contributed by atoms with Gasteiger partial charge in [0, 0.05) is 43.6 Å². The standard InChI is InChI=1S/C25H25N5O/c1-18-26-12-15-30(18)17-19-9-13-29(14-10-19)25(31)21-16-24(23-8-4-5-11-27-23)28-22-7-3-2-6-20(21)22/h2-8,11-12,15-16,19H,9-10,13-14,17H2,1H3. The summed E-state index contributed by atoms with van der Waals surface area (Å²) in [6, 6.07) is 15.5. The van der Waals surface area contributed by atoms with E-state index >= 15 is 0 Å². The number of likely N-dealkylation sites (tertiary alicyclic amines) is 1. The molecular formula is C25H25N5O. The molecule has 6 heteroatoms. The zero-order valence-electron chi connectivity index (χ0n) is 17.6. The van der Waals surface area contributed by atoms with Gasteiger partial charge in [-0.05, 0) is 49.9 Å². The average Bonchev–Trinajstić information content (AvgIpc) is 3.23. The zero-order chi connectivity index (χ0) is 21.2. The number of amides is 1. The Labute approximate surface area is 181 Å². The second kappa shape index (κ2) is 8.30. The molecule has 156 valence electrons. The summed E-state index contributed by atoms with van der Waals surface area (Å²) in [5, 5.41) is 0.892. The largest absolute Gasteiger partial charge is 0.339 e. The fourth-order valence-electron chi connectivity index (χ4n) is 4.36. The van der Waals surface area contributed by atoms with E-state index in [9.17, 15) is 4.79 Å². The minimum Gasteiger partial charge on any atom is -0.339 e. The third-order valence-electron chi connectivity index (χ3n) is 6.15. The van der Waals surface area contributed by atoms with Crippen LogP contribution in [0.4, 0.5) is 0 Å². The van der Waals surface area contributed by atoms with E-state index in [0.29, 0.717) is 11.5 Å². The van der Waals surface area contributed by atoms with Crippen LogP contribution >= 0.6 is 0 Å². The Kier molecular flexibility index (Phi) is 5.20. The van der Waals surface area contributed by atoms with Crippen molar-refractivity contribution in [3.8, 4) is 11.4 Å². The van der Waals surface area contributed by atoms with Gasteiger partial charge >= 0.3 is 0 Å². The molecule has 1 amide bonds. The van der Waals surface area contributed by atoms with Gasteiger partial charge in [0.25, 0.3) is 5.91 Å². The third kappa shape index (κ3) is 3.93. The molecule has 0 unspecified atom stereocenters. The predicted octanol–water partition coefficient (Wildman–Crippen LogP) is 4.35. The summed E-state index contributed by atoms with van der Waals surface area (Å²) in [5.41, 5.74) is 3.03. The van der Waals surface area contributed by atoms with E-state index in [1.165, 1.54) is 0 Å². The van der Waals surface area contributed by atoms with Gasteiger partial charge in [0.15, 0.2) is 0 Å². The molecule has 0 spiro atoms. The van der Waals surface area contributed by atoms with E-state index in [1.807, 2.05) is 72.7 Å². The monoisotopic (exact) mass is 411 g/mol. The normalized spacial score (nSPS) is 14.8. The van der Waals surface area contributed by atoms with Crippen molar-refractivity contribution in [3.05, 3.63) is 78.5 Å². The molecule has 0 saturated carbocycles. The summed E-state index contributed by atoms with van der Waals surface area (Å²) in [7, 11) is 0. The van der Waals surface area contributed by atoms with E-state index in [4.69, 9.17) is 4.98 Å². The van der Waals surface area contributed by atoms with E-state index in [-0.39, 0.29) is 5.91 Å². The number of aromatic nitrogens is 4. The van der Waals surface area contributed by atoms with E-state index in [2.05, 4.69) is 14.5 Å². The van der Waals surface area contributed by atoms with Crippen LogP contribution in [0.1, 0.15) is 29.0 Å². The zero-order valence-corrected chi connectivity index (χ0v) is 17.6. The first-order chi connectivity index (χ1) is 15.2. The SMILES string of the molecule is Cc1nccn1CC1CCN(C(=O)c2cc(-c3ccccn3)nc3ccccc23)CC1. The Morgan fingerprint density at radius 3 is 2.55 bits per heavy atom. The summed E-state index contributed by atoms with van der Waals surface area (Å²) in [6.07, 6.45) is 7.64. The number of fused-ring (bicyclic) bond motifs is 1. The molecule has 0 atom stereocenters. The summed E-state index contributed by atoms with van der Waals surface area (Å²) in [6.45, 7) is 4.54. The highest BCUT2D eigenvalue weighted by molar-refractivity contribution is 6.07. The second-order valence-corrected chi connectivity index (χ2v) is 8.15. The molecule has 5 rings (SSSR count). The molecule has 1 aliphatic heterocycles. The van der Waals surface area contributed by atoms with Crippen LogP contribution in [0, 0.1) is 12.8 Å². The number of aryl methyl sites for hydroxylation is 1. The average molecular weight is 412 g/mol. The quantitative estimate of drug-likeness (QED) is 0.501. The number of rotatable bonds is 4. The maximum Gasteiger partial charge on any atom is 0.254 e. The number of carbonyl (C=O) groups is 1. The summed E-state index contributed by atoms with van der Waals surface area (Å²) < 4.78 is 2.21. The van der Waals surface area contributed by atoms with Crippen LogP contribution in [0.3, 0.4) is 0 Å². The van der Waals surface area contributed by atoms with Crippen LogP contribution in [-0.2, 0) is 6.54 Å². The molecule has 0 radical (unpaired) electrons. The molecule has 0 N–H and O–H groups in total. The molecule has 1 aliphatic rings. The maximum atomic E-state index is 13.5. The van der Waals surface area contributed by atoms with Crippen molar-refractivity contribution in [2.24, 2.45) is 5.92 Å². The molecular weight excluding hydrogens is 386 g/mol. The number of nitrogens with zero attached hydrogens (tertiary/aromatic N) is 5. The number of pyridine rings is 2. The van der Waals surface area contributed by atoms with Crippen LogP contribution in [0.15, 0.2) is 67.1 Å². The molecule has 1 fully saturated rings. The van der Waals surface area contributed by atoms with Crippen molar-refractivity contribution >= 4 is 16.8 Å². The van der Waals surface area contributed by atoms with Gasteiger partial charge in [-0.25, -0.2) is 9.97 Å². The predicted molar refractivity (Wildman–Crippen MR) is 121 cm³/mol. The number of benzene rings is 1. The van der Waals surface area contributed by atoms with Crippen LogP contribution in [0.5, 0.6) is 0 Å². The van der Waals surface area contributed by atoms with Crippen molar-refractivity contribution in [3.63, 3.8) is 0 Å². The fraction of sp³-hybridized carbons (Fsp3) is 0.280. The first-order valence-electron chi connectivity index (χ1n) is 10.8. The lowest BCUT2D eigenvalue weighted by Gasteiger charge is -2.32. The number of piperidine rings is 1. The Hall–Kier alpha value is -3.54. The first kappa shape index (κ1) is 19.4. The minimum absolute atomic E-state index is 0.0769. The van der Waals surface area contributed by atoms with Crippen molar-refractivity contribution < 1.29 is 4.79 Å². The smallest absolute Gasteiger partial charge is 0.254 e. The highest BCUT2D eigenvalue weighted by Crippen LogP contribution is 2.27. The van der Waals surface area contributed by atoms with Gasteiger partial charge in [-0.3, -0.25) is 9.78 Å². The Bertz CT molecular complexity index is 1210. The van der Waals surface area contributed by atoms with Crippen molar-refractivity contribution in [2.75, 3.05) is 13.1 Å². The van der Waals surface area contributed by atoms with Crippen molar-refractivity contribution in [2.45, 2.75) is 26.3 Å². The van der Waals surface area contributed by atoms with Crippen LogP contribution < -0.4 is 0 Å². The molecule has 1 saturated heterocycles. The maximum absolute atomic E-state index is 13.5. The lowest BCUT2D eigenvalue weighted by atomic mass is 9.95. The van der Waals surface area contributed by atoms with Gasteiger partial charge < -0.3 is 9.47 Å². The molecule has 0 aliphatic carbocycles. The van der Waals surface area contributed by atoms with Gasteiger partial charge in [-0.2, -0.15) is 0 Å². The van der Waals surface area contributed by atoms with Crippen LogP contribution in [0.2, 0.25) is 0 Å². The number of hydrogen-bond acceptors (Lipinski definition) is 4. The molecule has 6 nitrogen and oxygen atoms in total. The first-order valence-corrected chi connectivity index (χ1v) is 10.8. The Balaban J connectivity index is 1.39. The van der Waals surface area contributed by atoms with Gasteiger partial charge in [0.2, 0.25) is 0 Å². The summed E-state index contributed by atoms with van der Waals surface area (Å²) in [5.74, 6) is 1.69. The summed E-state index contributed by atoms with van der Waals surface area (Å²) >= 11 is 0. The number of carbonyl (C=O) groups excluding carboxylic acids is 1. The topological polar surface area (TPSA) is 63.9 Å². The van der Waals surface area contributed by atoms with E-state index < -0.39 is 0 Å². The molecule has 4 heterocycles.